The van der Waals surface area contributed by atoms with E-state index in [1.54, 1.807) is 36.4 Å². The number of carbonyl (C=O) groups is 2. The van der Waals surface area contributed by atoms with Gasteiger partial charge in [0.2, 0.25) is 0 Å². The van der Waals surface area contributed by atoms with Crippen LogP contribution < -0.4 is 5.32 Å². The van der Waals surface area contributed by atoms with Crippen molar-refractivity contribution in [2.24, 2.45) is 4.99 Å². The summed E-state index contributed by atoms with van der Waals surface area (Å²) in [5, 5.41) is 12.8. The molecule has 0 saturated carbocycles. The van der Waals surface area contributed by atoms with Gasteiger partial charge in [-0.2, -0.15) is 0 Å². The Balaban J connectivity index is 1.92. The minimum Gasteiger partial charge on any atom is -0.478 e. The summed E-state index contributed by atoms with van der Waals surface area (Å²) in [4.78, 5) is 28.0. The van der Waals surface area contributed by atoms with E-state index in [-0.39, 0.29) is 11.5 Å². The Morgan fingerprint density at radius 2 is 1.92 bits per heavy atom. The molecule has 126 valence electrons. The Kier molecular flexibility index (Phi) is 5.13. The van der Waals surface area contributed by atoms with Crippen LogP contribution in [-0.2, 0) is 4.79 Å². The molecule has 0 unspecified atom stereocenters. The fourth-order valence-electron chi connectivity index (χ4n) is 2.13. The van der Waals surface area contributed by atoms with Gasteiger partial charge in [0.25, 0.3) is 5.91 Å². The number of nitrogens with one attached hydrogen (secondary N) is 1. The molecule has 0 bridgehead atoms. The molecule has 8 heteroatoms. The number of hydrogen-bond donors (Lipinski definition) is 2. The van der Waals surface area contributed by atoms with Gasteiger partial charge in [-0.1, -0.05) is 47.5 Å². The third-order valence-corrected chi connectivity index (χ3v) is 5.00. The maximum Gasteiger partial charge on any atom is 0.336 e. The van der Waals surface area contributed by atoms with Crippen LogP contribution in [0.25, 0.3) is 6.08 Å². The molecule has 0 aliphatic carbocycles. The zero-order chi connectivity index (χ0) is 18.0. The van der Waals surface area contributed by atoms with Gasteiger partial charge < -0.3 is 10.4 Å². The summed E-state index contributed by atoms with van der Waals surface area (Å²) in [5.41, 5.74) is 0.991. The molecular weight excluding hydrogens is 383 g/mol. The number of carbonyl (C=O) groups excluding carboxylic acids is 1. The average molecular weight is 393 g/mol. The molecule has 1 amide bonds. The van der Waals surface area contributed by atoms with Gasteiger partial charge in [-0.15, -0.1) is 0 Å². The third kappa shape index (κ3) is 3.87. The van der Waals surface area contributed by atoms with Crippen LogP contribution in [0.5, 0.6) is 0 Å². The van der Waals surface area contributed by atoms with E-state index in [2.05, 4.69) is 10.3 Å². The number of benzene rings is 2. The molecule has 1 aliphatic rings. The molecule has 1 aliphatic heterocycles. The monoisotopic (exact) mass is 392 g/mol. The fourth-order valence-corrected chi connectivity index (χ4v) is 3.29. The first-order valence-electron chi connectivity index (χ1n) is 7.01. The molecule has 0 spiro atoms. The standard InChI is InChI=1S/C17H10Cl2N2O3S/c18-11-6-3-7-12(14(11)19)20-17-21-15(22)13(25-17)8-9-4-1-2-5-10(9)16(23)24/h1-8H,(H,23,24)(H,20,21,22)/b13-8+. The summed E-state index contributed by atoms with van der Waals surface area (Å²) in [6.45, 7) is 0. The topological polar surface area (TPSA) is 78.8 Å². The van der Waals surface area contributed by atoms with Gasteiger partial charge in [0, 0.05) is 0 Å². The second kappa shape index (κ2) is 7.31. The van der Waals surface area contributed by atoms with Crippen molar-refractivity contribution in [2.45, 2.75) is 0 Å². The summed E-state index contributed by atoms with van der Waals surface area (Å²) in [7, 11) is 0. The molecule has 3 rings (SSSR count). The van der Waals surface area contributed by atoms with Gasteiger partial charge in [-0.25, -0.2) is 9.79 Å². The van der Waals surface area contributed by atoms with E-state index in [1.807, 2.05) is 0 Å². The number of halogens is 2. The number of hydrogen-bond acceptors (Lipinski definition) is 4. The lowest BCUT2D eigenvalue weighted by Gasteiger charge is -2.01. The zero-order valence-corrected chi connectivity index (χ0v) is 14.8. The Bertz CT molecular complexity index is 941. The van der Waals surface area contributed by atoms with Gasteiger partial charge >= 0.3 is 5.97 Å². The number of amidine groups is 1. The molecule has 0 aromatic heterocycles. The number of aliphatic imine (C=N–C) groups is 1. The maximum absolute atomic E-state index is 12.1. The molecule has 1 saturated heterocycles. The second-order valence-corrected chi connectivity index (χ2v) is 6.76. The summed E-state index contributed by atoms with van der Waals surface area (Å²) in [6, 6.07) is 11.5. The number of amides is 1. The molecule has 0 atom stereocenters. The van der Waals surface area contributed by atoms with Crippen LogP contribution in [0.15, 0.2) is 52.4 Å². The minimum absolute atomic E-state index is 0.117. The zero-order valence-electron chi connectivity index (χ0n) is 12.5. The second-order valence-electron chi connectivity index (χ2n) is 4.95. The molecule has 2 N–H and O–H groups in total. The van der Waals surface area contributed by atoms with Crippen LogP contribution in [0.2, 0.25) is 10.0 Å². The van der Waals surface area contributed by atoms with Crippen molar-refractivity contribution in [2.75, 3.05) is 0 Å². The van der Waals surface area contributed by atoms with E-state index in [0.717, 1.165) is 11.8 Å². The van der Waals surface area contributed by atoms with Crippen LogP contribution >= 0.6 is 35.0 Å². The van der Waals surface area contributed by atoms with Crippen LogP contribution in [0.4, 0.5) is 5.69 Å². The first-order valence-corrected chi connectivity index (χ1v) is 8.59. The highest BCUT2D eigenvalue weighted by molar-refractivity contribution is 8.18. The van der Waals surface area contributed by atoms with E-state index in [4.69, 9.17) is 23.2 Å². The van der Waals surface area contributed by atoms with Crippen LogP contribution in [0, 0.1) is 0 Å². The van der Waals surface area contributed by atoms with Crippen LogP contribution in [-0.4, -0.2) is 22.2 Å². The smallest absolute Gasteiger partial charge is 0.336 e. The summed E-state index contributed by atoms with van der Waals surface area (Å²) < 4.78 is 0. The maximum atomic E-state index is 12.1. The number of aromatic carboxylic acids is 1. The van der Waals surface area contributed by atoms with E-state index in [9.17, 15) is 14.7 Å². The van der Waals surface area contributed by atoms with Gasteiger partial charge in [0.05, 0.1) is 26.2 Å². The summed E-state index contributed by atoms with van der Waals surface area (Å²) in [5.74, 6) is -1.42. The van der Waals surface area contributed by atoms with Crippen molar-refractivity contribution in [3.05, 3.63) is 68.5 Å². The van der Waals surface area contributed by atoms with Crippen molar-refractivity contribution in [3.63, 3.8) is 0 Å². The van der Waals surface area contributed by atoms with Crippen molar-refractivity contribution < 1.29 is 14.7 Å². The van der Waals surface area contributed by atoms with Crippen LogP contribution in [0.3, 0.4) is 0 Å². The highest BCUT2D eigenvalue weighted by Crippen LogP contribution is 2.34. The molecule has 2 aromatic rings. The summed E-state index contributed by atoms with van der Waals surface area (Å²) in [6.07, 6.45) is 1.52. The first-order chi connectivity index (χ1) is 12.0. The molecular formula is C17H10Cl2N2O3S. The van der Waals surface area contributed by atoms with E-state index < -0.39 is 5.97 Å². The van der Waals surface area contributed by atoms with Crippen molar-refractivity contribution >= 4 is 63.8 Å². The summed E-state index contributed by atoms with van der Waals surface area (Å²) >= 11 is 13.1. The van der Waals surface area contributed by atoms with E-state index >= 15 is 0 Å². The Labute approximate surface area is 157 Å². The highest BCUT2D eigenvalue weighted by atomic mass is 35.5. The Morgan fingerprint density at radius 1 is 1.16 bits per heavy atom. The third-order valence-electron chi connectivity index (χ3n) is 3.28. The van der Waals surface area contributed by atoms with E-state index in [1.165, 1.54) is 12.1 Å². The number of rotatable bonds is 3. The number of nitrogens with zero attached hydrogens (tertiary/aromatic N) is 1. The van der Waals surface area contributed by atoms with Crippen molar-refractivity contribution in [1.29, 1.82) is 0 Å². The van der Waals surface area contributed by atoms with Gasteiger partial charge in [-0.05, 0) is 41.6 Å². The predicted octanol–water partition coefficient (Wildman–Crippen LogP) is 4.58. The SMILES string of the molecule is O=C1NC(=Nc2cccc(Cl)c2Cl)S/C1=C/c1ccccc1C(=O)O. The van der Waals surface area contributed by atoms with Crippen molar-refractivity contribution in [1.82, 2.24) is 5.32 Å². The predicted molar refractivity (Wildman–Crippen MR) is 101 cm³/mol. The fraction of sp³-hybridized carbons (Fsp3) is 0. The molecule has 25 heavy (non-hydrogen) atoms. The first kappa shape index (κ1) is 17.5. The van der Waals surface area contributed by atoms with Gasteiger partial charge in [-0.3, -0.25) is 4.79 Å². The lowest BCUT2D eigenvalue weighted by Crippen LogP contribution is -2.19. The molecule has 1 fully saturated rings. The molecule has 5 nitrogen and oxygen atoms in total. The lowest BCUT2D eigenvalue weighted by molar-refractivity contribution is -0.115. The minimum atomic E-state index is -1.06. The highest BCUT2D eigenvalue weighted by Gasteiger charge is 2.25. The molecule has 2 aromatic carbocycles. The largest absolute Gasteiger partial charge is 0.478 e. The van der Waals surface area contributed by atoms with Crippen molar-refractivity contribution in [3.8, 4) is 0 Å². The molecule has 1 heterocycles. The number of thioether (sulfide) groups is 1. The van der Waals surface area contributed by atoms with Gasteiger partial charge in [0.15, 0.2) is 5.17 Å². The quantitative estimate of drug-likeness (QED) is 0.748. The average Bonchev–Trinajstić information content (AvgIpc) is 2.91. The Hall–Kier alpha value is -2.28. The van der Waals surface area contributed by atoms with Gasteiger partial charge in [0.1, 0.15) is 0 Å². The lowest BCUT2D eigenvalue weighted by atomic mass is 10.1. The number of carboxylic acid groups (broad SMARTS) is 1. The number of carboxylic acids is 1. The normalized spacial score (nSPS) is 17.1. The Morgan fingerprint density at radius 3 is 2.68 bits per heavy atom. The van der Waals surface area contributed by atoms with E-state index in [0.29, 0.717) is 31.4 Å². The van der Waals surface area contributed by atoms with Crippen LogP contribution in [0.1, 0.15) is 15.9 Å². The molecule has 0 radical (unpaired) electrons.